The summed E-state index contributed by atoms with van der Waals surface area (Å²) >= 11 is 23.8. The Kier molecular flexibility index (Phi) is 4.86. The second kappa shape index (κ2) is 5.37. The molecule has 2 nitrogen and oxygen atoms in total. The minimum Gasteiger partial charge on any atom is -0.387 e. The van der Waals surface area contributed by atoms with E-state index in [1.165, 1.54) is 0 Å². The Balaban J connectivity index is 2.69. The van der Waals surface area contributed by atoms with Crippen molar-refractivity contribution in [1.82, 2.24) is 0 Å². The van der Waals surface area contributed by atoms with E-state index in [0.717, 1.165) is 11.4 Å². The molecule has 0 bridgehead atoms. The van der Waals surface area contributed by atoms with Gasteiger partial charge in [-0.2, -0.15) is 0 Å². The van der Waals surface area contributed by atoms with Crippen LogP contribution in [0.15, 0.2) is 24.3 Å². The number of rotatable bonds is 4. The SMILES string of the molecule is C[Si](Cl)(Cl)Nc1ccc(N[Si](C)(Cl)Cl)cc1. The van der Waals surface area contributed by atoms with Crippen molar-refractivity contribution < 1.29 is 0 Å². The van der Waals surface area contributed by atoms with Gasteiger partial charge in [-0.05, 0) is 37.4 Å². The highest BCUT2D eigenvalue weighted by atomic mass is 35.7. The summed E-state index contributed by atoms with van der Waals surface area (Å²) in [5.41, 5.74) is 1.77. The van der Waals surface area contributed by atoms with Gasteiger partial charge in [0.05, 0.1) is 0 Å². The first-order valence-electron chi connectivity index (χ1n) is 4.58. The highest BCUT2D eigenvalue weighted by Crippen LogP contribution is 2.23. The smallest absolute Gasteiger partial charge is 0.347 e. The number of hydrogen-bond donors (Lipinski definition) is 2. The summed E-state index contributed by atoms with van der Waals surface area (Å²) in [5, 5.41) is 0. The summed E-state index contributed by atoms with van der Waals surface area (Å²) in [5.74, 6) is 0. The van der Waals surface area contributed by atoms with Gasteiger partial charge in [-0.1, -0.05) is 0 Å². The van der Waals surface area contributed by atoms with Gasteiger partial charge in [0.1, 0.15) is 0 Å². The molecular weight excluding hydrogens is 322 g/mol. The molecule has 0 saturated carbocycles. The Hall–Kier alpha value is 0.414. The normalized spacial score (nSPS) is 12.4. The summed E-state index contributed by atoms with van der Waals surface area (Å²) in [4.78, 5) is 6.12. The first kappa shape index (κ1) is 14.5. The van der Waals surface area contributed by atoms with E-state index in [9.17, 15) is 0 Å². The number of hydrogen-bond acceptors (Lipinski definition) is 2. The Labute approximate surface area is 116 Å². The van der Waals surface area contributed by atoms with E-state index in [-0.39, 0.29) is 0 Å². The van der Waals surface area contributed by atoms with E-state index in [2.05, 4.69) is 9.96 Å². The van der Waals surface area contributed by atoms with Crippen LogP contribution in [0.2, 0.25) is 13.1 Å². The number of halogens is 4. The van der Waals surface area contributed by atoms with Gasteiger partial charge in [-0.3, -0.25) is 0 Å². The van der Waals surface area contributed by atoms with Crippen LogP contribution in [0.25, 0.3) is 0 Å². The zero-order chi connectivity index (χ0) is 12.4. The fourth-order valence-corrected chi connectivity index (χ4v) is 3.80. The maximum absolute atomic E-state index is 5.96. The van der Waals surface area contributed by atoms with Gasteiger partial charge in [0, 0.05) is 11.4 Å². The Bertz CT molecular complexity index is 310. The predicted molar refractivity (Wildman–Crippen MR) is 80.3 cm³/mol. The van der Waals surface area contributed by atoms with Crippen LogP contribution in [0.4, 0.5) is 11.4 Å². The zero-order valence-corrected chi connectivity index (χ0v) is 13.8. The molecule has 0 aromatic heterocycles. The fourth-order valence-electron chi connectivity index (χ4n) is 1.14. The zero-order valence-electron chi connectivity index (χ0n) is 8.82. The molecule has 1 aromatic carbocycles. The second-order valence-corrected chi connectivity index (χ2v) is 17.9. The van der Waals surface area contributed by atoms with Gasteiger partial charge < -0.3 is 9.96 Å². The van der Waals surface area contributed by atoms with Crippen LogP contribution in [0, 0.1) is 0 Å². The molecular formula is C8H12Cl4N2Si2. The highest BCUT2D eigenvalue weighted by Gasteiger charge is 2.22. The van der Waals surface area contributed by atoms with Crippen molar-refractivity contribution in [2.45, 2.75) is 13.1 Å². The minimum atomic E-state index is -2.33. The highest BCUT2D eigenvalue weighted by molar-refractivity contribution is 7.46. The average molecular weight is 334 g/mol. The van der Waals surface area contributed by atoms with Crippen molar-refractivity contribution >= 4 is 69.4 Å². The maximum atomic E-state index is 5.96. The molecule has 0 atom stereocenters. The van der Waals surface area contributed by atoms with Crippen LogP contribution in [0.1, 0.15) is 0 Å². The topological polar surface area (TPSA) is 24.1 Å². The quantitative estimate of drug-likeness (QED) is 0.621. The van der Waals surface area contributed by atoms with E-state index in [4.69, 9.17) is 44.3 Å². The summed E-state index contributed by atoms with van der Waals surface area (Å²) in [6, 6.07) is 7.52. The average Bonchev–Trinajstić information content (AvgIpc) is 2.03. The lowest BCUT2D eigenvalue weighted by molar-refractivity contribution is 1.62. The summed E-state index contributed by atoms with van der Waals surface area (Å²) < 4.78 is 0. The van der Waals surface area contributed by atoms with Crippen LogP contribution in [0.5, 0.6) is 0 Å². The molecule has 0 heterocycles. The van der Waals surface area contributed by atoms with E-state index in [1.54, 1.807) is 13.1 Å². The second-order valence-electron chi connectivity index (χ2n) is 3.60. The molecule has 8 heteroatoms. The largest absolute Gasteiger partial charge is 0.387 e. The molecule has 0 unspecified atom stereocenters. The van der Waals surface area contributed by atoms with Crippen LogP contribution >= 0.6 is 44.3 Å². The Morgan fingerprint density at radius 2 is 1.00 bits per heavy atom. The summed E-state index contributed by atoms with van der Waals surface area (Å²) in [6.07, 6.45) is 0. The molecule has 0 saturated heterocycles. The van der Waals surface area contributed by atoms with E-state index >= 15 is 0 Å². The molecule has 0 amide bonds. The van der Waals surface area contributed by atoms with Gasteiger partial charge in [0.25, 0.3) is 0 Å². The predicted octanol–water partition coefficient (Wildman–Crippen LogP) is 4.60. The summed E-state index contributed by atoms with van der Waals surface area (Å²) in [6.45, 7) is -1.07. The standard InChI is InChI=1S/C8H12Cl4N2Si2/c1-15(9,10)13-7-3-5-8(6-4-7)14-16(2,11)12/h3-6,13-14H,1-2H3. The van der Waals surface area contributed by atoms with E-state index in [1.807, 2.05) is 24.3 Å². The van der Waals surface area contributed by atoms with Gasteiger partial charge >= 0.3 is 13.7 Å². The first-order chi connectivity index (χ1) is 7.16. The van der Waals surface area contributed by atoms with Crippen molar-refractivity contribution in [2.75, 3.05) is 9.96 Å². The summed E-state index contributed by atoms with van der Waals surface area (Å²) in [7, 11) is 0. The lowest BCUT2D eigenvalue weighted by Gasteiger charge is -2.17. The maximum Gasteiger partial charge on any atom is 0.347 e. The van der Waals surface area contributed by atoms with Crippen LogP contribution in [-0.4, -0.2) is 13.7 Å². The lowest BCUT2D eigenvalue weighted by Crippen LogP contribution is -2.27. The minimum absolute atomic E-state index is 0.886. The molecule has 90 valence electrons. The Morgan fingerprint density at radius 3 is 1.19 bits per heavy atom. The number of anilines is 2. The van der Waals surface area contributed by atoms with E-state index in [0.29, 0.717) is 0 Å². The van der Waals surface area contributed by atoms with Gasteiger partial charge in [-0.15, -0.1) is 44.3 Å². The first-order valence-corrected chi connectivity index (χ1v) is 13.6. The van der Waals surface area contributed by atoms with Gasteiger partial charge in [-0.25, -0.2) is 0 Å². The Morgan fingerprint density at radius 1 is 0.750 bits per heavy atom. The third-order valence-corrected chi connectivity index (χ3v) is 4.20. The van der Waals surface area contributed by atoms with Crippen molar-refractivity contribution in [3.8, 4) is 0 Å². The van der Waals surface area contributed by atoms with Crippen molar-refractivity contribution in [1.29, 1.82) is 0 Å². The number of nitrogens with one attached hydrogen (secondary N) is 2. The molecule has 0 aliphatic heterocycles. The van der Waals surface area contributed by atoms with Gasteiger partial charge in [0.2, 0.25) is 0 Å². The van der Waals surface area contributed by atoms with Crippen LogP contribution < -0.4 is 9.96 Å². The molecule has 0 fully saturated rings. The molecule has 0 radical (unpaired) electrons. The number of benzene rings is 1. The molecule has 16 heavy (non-hydrogen) atoms. The third-order valence-electron chi connectivity index (χ3n) is 1.61. The van der Waals surface area contributed by atoms with Gasteiger partial charge in [0.15, 0.2) is 0 Å². The van der Waals surface area contributed by atoms with Crippen molar-refractivity contribution in [3.63, 3.8) is 0 Å². The molecule has 1 rings (SSSR count). The van der Waals surface area contributed by atoms with E-state index < -0.39 is 13.7 Å². The molecule has 1 aromatic rings. The fraction of sp³-hybridized carbons (Fsp3) is 0.250. The molecule has 0 spiro atoms. The van der Waals surface area contributed by atoms with Crippen molar-refractivity contribution in [2.24, 2.45) is 0 Å². The van der Waals surface area contributed by atoms with Crippen LogP contribution in [0.3, 0.4) is 0 Å². The van der Waals surface area contributed by atoms with Crippen molar-refractivity contribution in [3.05, 3.63) is 24.3 Å². The molecule has 2 N–H and O–H groups in total. The lowest BCUT2D eigenvalue weighted by atomic mass is 10.3. The third kappa shape index (κ3) is 6.22. The van der Waals surface area contributed by atoms with Crippen LogP contribution in [-0.2, 0) is 0 Å². The monoisotopic (exact) mass is 332 g/mol. The molecule has 0 aliphatic carbocycles. The molecule has 0 aliphatic rings.